The average molecular weight is 477 g/mol. The van der Waals surface area contributed by atoms with E-state index in [9.17, 15) is 39.4 Å². The Morgan fingerprint density at radius 3 is 2.22 bits per heavy atom. The molecule has 0 bridgehead atoms. The molecule has 0 radical (unpaired) electrons. The Balaban J connectivity index is 2.16. The standard InChI is InChI=1S/C21H23ClF2O8/c1-9-14(23)6-11(7-15(9)24)20(29,30)12-5-10(3-4-13(12)22)21(31-2)19(28)18(27)17(26)16(8-25)32-21/h3-7,16-19,25-30H,8H2,1-2H3. The van der Waals surface area contributed by atoms with Gasteiger partial charge in [0.25, 0.3) is 0 Å². The quantitative estimate of drug-likeness (QED) is 0.341. The third-order valence-electron chi connectivity index (χ3n) is 5.68. The minimum atomic E-state index is -2.98. The number of hydrogen-bond acceptors (Lipinski definition) is 8. The van der Waals surface area contributed by atoms with Gasteiger partial charge in [-0.3, -0.25) is 0 Å². The fourth-order valence-electron chi connectivity index (χ4n) is 3.68. The highest BCUT2D eigenvalue weighted by Crippen LogP contribution is 2.42. The summed E-state index contributed by atoms with van der Waals surface area (Å²) in [6, 6.07) is 4.99. The number of ether oxygens (including phenoxy) is 2. The Morgan fingerprint density at radius 2 is 1.69 bits per heavy atom. The molecule has 1 heterocycles. The number of hydrogen-bond donors (Lipinski definition) is 6. The van der Waals surface area contributed by atoms with E-state index in [1.165, 1.54) is 19.1 Å². The molecule has 176 valence electrons. The van der Waals surface area contributed by atoms with E-state index in [-0.39, 0.29) is 16.1 Å². The van der Waals surface area contributed by atoms with Gasteiger partial charge < -0.3 is 40.1 Å². The summed E-state index contributed by atoms with van der Waals surface area (Å²) < 4.78 is 39.0. The van der Waals surface area contributed by atoms with Crippen molar-refractivity contribution < 1.29 is 48.9 Å². The van der Waals surface area contributed by atoms with E-state index in [4.69, 9.17) is 21.1 Å². The Morgan fingerprint density at radius 1 is 1.09 bits per heavy atom. The van der Waals surface area contributed by atoms with Crippen LogP contribution in [0.4, 0.5) is 8.78 Å². The van der Waals surface area contributed by atoms with Gasteiger partial charge >= 0.3 is 0 Å². The van der Waals surface area contributed by atoms with E-state index in [2.05, 4.69) is 0 Å². The van der Waals surface area contributed by atoms with Gasteiger partial charge in [-0.25, -0.2) is 8.78 Å². The summed E-state index contributed by atoms with van der Waals surface area (Å²) in [5, 5.41) is 61.7. The first kappa shape index (κ1) is 24.9. The van der Waals surface area contributed by atoms with Crippen molar-refractivity contribution in [3.05, 3.63) is 69.2 Å². The lowest BCUT2D eigenvalue weighted by molar-refractivity contribution is -0.366. The second kappa shape index (κ2) is 8.90. The normalized spacial score (nSPS) is 28.7. The Bertz CT molecular complexity index is 979. The summed E-state index contributed by atoms with van der Waals surface area (Å²) in [5.74, 6) is -7.17. The van der Waals surface area contributed by atoms with Crippen LogP contribution in [0.25, 0.3) is 0 Å². The van der Waals surface area contributed by atoms with Gasteiger partial charge in [-0.05, 0) is 31.2 Å². The predicted octanol–water partition coefficient (Wildman–Crippen LogP) is 0.385. The second-order valence-corrected chi connectivity index (χ2v) is 7.98. The summed E-state index contributed by atoms with van der Waals surface area (Å²) >= 11 is 6.13. The molecule has 0 spiro atoms. The van der Waals surface area contributed by atoms with Crippen LogP contribution in [0.15, 0.2) is 30.3 Å². The maximum atomic E-state index is 14.0. The maximum Gasteiger partial charge on any atom is 0.224 e. The third-order valence-corrected chi connectivity index (χ3v) is 6.01. The van der Waals surface area contributed by atoms with Crippen LogP contribution in [0.2, 0.25) is 5.02 Å². The summed E-state index contributed by atoms with van der Waals surface area (Å²) in [6.45, 7) is 0.447. The van der Waals surface area contributed by atoms with Gasteiger partial charge in [-0.1, -0.05) is 17.7 Å². The highest BCUT2D eigenvalue weighted by Gasteiger charge is 2.55. The van der Waals surface area contributed by atoms with Crippen molar-refractivity contribution in [2.24, 2.45) is 0 Å². The fourth-order valence-corrected chi connectivity index (χ4v) is 3.93. The molecule has 5 atom stereocenters. The van der Waals surface area contributed by atoms with Gasteiger partial charge in [-0.15, -0.1) is 0 Å². The van der Waals surface area contributed by atoms with E-state index < -0.39 is 65.4 Å². The first-order valence-electron chi connectivity index (χ1n) is 9.50. The van der Waals surface area contributed by atoms with Gasteiger partial charge in [0.15, 0.2) is 0 Å². The highest BCUT2D eigenvalue weighted by molar-refractivity contribution is 6.31. The number of aliphatic hydroxyl groups excluding tert-OH is 4. The number of aliphatic hydroxyl groups is 6. The van der Waals surface area contributed by atoms with Gasteiger partial charge in [0.1, 0.15) is 36.1 Å². The lowest BCUT2D eigenvalue weighted by atomic mass is 9.86. The van der Waals surface area contributed by atoms with Crippen molar-refractivity contribution in [3.63, 3.8) is 0 Å². The Hall–Kier alpha value is -1.73. The molecule has 3 rings (SSSR count). The minimum Gasteiger partial charge on any atom is -0.394 e. The molecule has 0 aromatic heterocycles. The predicted molar refractivity (Wildman–Crippen MR) is 106 cm³/mol. The smallest absolute Gasteiger partial charge is 0.224 e. The molecule has 1 aliphatic heterocycles. The van der Waals surface area contributed by atoms with Gasteiger partial charge in [-0.2, -0.15) is 0 Å². The largest absolute Gasteiger partial charge is 0.394 e. The lowest BCUT2D eigenvalue weighted by Gasteiger charge is -2.47. The molecular formula is C21H23ClF2O8. The Labute approximate surface area is 186 Å². The average Bonchev–Trinajstić information content (AvgIpc) is 2.76. The zero-order valence-electron chi connectivity index (χ0n) is 17.0. The van der Waals surface area contributed by atoms with Crippen molar-refractivity contribution in [1.82, 2.24) is 0 Å². The van der Waals surface area contributed by atoms with Crippen molar-refractivity contribution in [3.8, 4) is 0 Å². The molecule has 0 saturated carbocycles. The molecular weight excluding hydrogens is 454 g/mol. The van der Waals surface area contributed by atoms with Crippen molar-refractivity contribution in [1.29, 1.82) is 0 Å². The van der Waals surface area contributed by atoms with Crippen LogP contribution in [0.3, 0.4) is 0 Å². The van der Waals surface area contributed by atoms with Crippen LogP contribution in [-0.4, -0.2) is 68.8 Å². The molecule has 1 saturated heterocycles. The molecule has 0 amide bonds. The highest BCUT2D eigenvalue weighted by atomic mass is 35.5. The first-order valence-corrected chi connectivity index (χ1v) is 9.87. The van der Waals surface area contributed by atoms with Crippen LogP contribution in [0.1, 0.15) is 22.3 Å². The van der Waals surface area contributed by atoms with Crippen LogP contribution in [0, 0.1) is 18.6 Å². The third kappa shape index (κ3) is 3.92. The molecule has 11 heteroatoms. The SMILES string of the molecule is COC1(c2ccc(Cl)c(C(O)(O)c3cc(F)c(C)c(F)c3)c2)OC(CO)C(O)C(O)C1O. The summed E-state index contributed by atoms with van der Waals surface area (Å²) in [5.41, 5.74) is -1.40. The number of benzene rings is 2. The van der Waals surface area contributed by atoms with E-state index in [0.29, 0.717) is 0 Å². The van der Waals surface area contributed by atoms with Crippen molar-refractivity contribution in [2.45, 2.75) is 42.9 Å². The molecule has 8 nitrogen and oxygen atoms in total. The monoisotopic (exact) mass is 476 g/mol. The Kier molecular flexibility index (Phi) is 6.93. The summed E-state index contributed by atoms with van der Waals surface area (Å²) in [7, 11) is 1.12. The van der Waals surface area contributed by atoms with Crippen LogP contribution >= 0.6 is 11.6 Å². The zero-order valence-corrected chi connectivity index (χ0v) is 17.8. The number of halogens is 3. The number of rotatable bonds is 5. The number of methoxy groups -OCH3 is 1. The lowest BCUT2D eigenvalue weighted by Crippen LogP contribution is -2.64. The van der Waals surface area contributed by atoms with Crippen LogP contribution in [-0.2, 0) is 21.0 Å². The fraction of sp³-hybridized carbons (Fsp3) is 0.429. The first-order chi connectivity index (χ1) is 14.9. The second-order valence-electron chi connectivity index (χ2n) is 7.57. The van der Waals surface area contributed by atoms with Crippen LogP contribution < -0.4 is 0 Å². The minimum absolute atomic E-state index is 0.0863. The summed E-state index contributed by atoms with van der Waals surface area (Å²) in [6.07, 6.45) is -6.67. The molecule has 1 fully saturated rings. The molecule has 2 aromatic rings. The topological polar surface area (TPSA) is 140 Å². The molecule has 5 unspecified atom stereocenters. The van der Waals surface area contributed by atoms with Gasteiger partial charge in [0, 0.05) is 34.4 Å². The van der Waals surface area contributed by atoms with E-state index >= 15 is 0 Å². The van der Waals surface area contributed by atoms with E-state index in [1.807, 2.05) is 0 Å². The van der Waals surface area contributed by atoms with Gasteiger partial charge in [0.2, 0.25) is 11.6 Å². The molecule has 6 N–H and O–H groups in total. The van der Waals surface area contributed by atoms with Crippen LogP contribution in [0.5, 0.6) is 0 Å². The molecule has 2 aromatic carbocycles. The molecule has 32 heavy (non-hydrogen) atoms. The van der Waals surface area contributed by atoms with Crippen molar-refractivity contribution in [2.75, 3.05) is 13.7 Å². The molecule has 1 aliphatic rings. The summed E-state index contributed by atoms with van der Waals surface area (Å²) in [4.78, 5) is 0. The van der Waals surface area contributed by atoms with Gasteiger partial charge in [0.05, 0.1) is 6.61 Å². The molecule has 0 aliphatic carbocycles. The van der Waals surface area contributed by atoms with E-state index in [0.717, 1.165) is 25.3 Å². The zero-order chi connectivity index (χ0) is 24.0. The maximum absolute atomic E-state index is 14.0. The van der Waals surface area contributed by atoms with E-state index in [1.54, 1.807) is 0 Å². The van der Waals surface area contributed by atoms with Crippen molar-refractivity contribution >= 4 is 11.6 Å².